The Hall–Kier alpha value is -0.260. The number of ether oxygens (including phenoxy) is 2. The quantitative estimate of drug-likeness (QED) is 0.620. The third-order valence-corrected chi connectivity index (χ3v) is 4.85. The van der Waals surface area contributed by atoms with Crippen LogP contribution < -0.4 is 0 Å². The number of carbonyl (C=O) groups is 1. The number of thioether (sulfide) groups is 1. The van der Waals surface area contributed by atoms with E-state index >= 15 is 0 Å². The number of esters is 1. The maximum absolute atomic E-state index is 11.4. The highest BCUT2D eigenvalue weighted by molar-refractivity contribution is 8.01. The number of carbonyl (C=O) groups excluding carboxylic acids is 1. The summed E-state index contributed by atoms with van der Waals surface area (Å²) in [7, 11) is 0. The van der Waals surface area contributed by atoms with Crippen molar-refractivity contribution in [3.8, 4) is 0 Å². The van der Waals surface area contributed by atoms with Gasteiger partial charge in [0, 0.05) is 12.8 Å². The van der Waals surface area contributed by atoms with E-state index in [0.717, 1.165) is 0 Å². The fourth-order valence-electron chi connectivity index (χ4n) is 2.72. The molecule has 1 saturated carbocycles. The van der Waals surface area contributed by atoms with Crippen molar-refractivity contribution in [2.45, 2.75) is 54.7 Å². The summed E-state index contributed by atoms with van der Waals surface area (Å²) in [6.45, 7) is 4.02. The van der Waals surface area contributed by atoms with Crippen molar-refractivity contribution >= 4 is 17.7 Å². The summed E-state index contributed by atoms with van der Waals surface area (Å²) < 4.78 is 11.0. The Labute approximate surface area is 92.3 Å². The van der Waals surface area contributed by atoms with Crippen LogP contribution >= 0.6 is 11.8 Å². The van der Waals surface area contributed by atoms with Crippen LogP contribution in [-0.2, 0) is 14.3 Å². The molecule has 3 fully saturated rings. The van der Waals surface area contributed by atoms with Crippen molar-refractivity contribution in [1.29, 1.82) is 0 Å². The summed E-state index contributed by atoms with van der Waals surface area (Å²) in [4.78, 5) is 11.2. The Kier molecular flexibility index (Phi) is 1.79. The van der Waals surface area contributed by atoms with Gasteiger partial charge >= 0.3 is 5.97 Å². The monoisotopic (exact) mass is 230 g/mol. The van der Waals surface area contributed by atoms with Crippen LogP contribution in [0.15, 0.2) is 0 Å². The average molecular weight is 230 g/mol. The first-order valence-corrected chi connectivity index (χ1v) is 6.07. The Morgan fingerprint density at radius 1 is 1.40 bits per heavy atom. The van der Waals surface area contributed by atoms with Gasteiger partial charge in [-0.15, -0.1) is 11.8 Å². The molecule has 0 unspecified atom stereocenters. The maximum atomic E-state index is 11.4. The topological polar surface area (TPSA) is 55.8 Å². The van der Waals surface area contributed by atoms with E-state index < -0.39 is 11.6 Å². The Morgan fingerprint density at radius 3 is 2.80 bits per heavy atom. The van der Waals surface area contributed by atoms with E-state index in [1.54, 1.807) is 11.8 Å². The molecule has 2 heterocycles. The number of fused-ring (bicyclic) bond motifs is 4. The summed E-state index contributed by atoms with van der Waals surface area (Å²) in [6.07, 6.45) is 0.580. The van der Waals surface area contributed by atoms with Gasteiger partial charge < -0.3 is 14.6 Å². The van der Waals surface area contributed by atoms with Crippen molar-refractivity contribution in [1.82, 2.24) is 0 Å². The first-order valence-electron chi connectivity index (χ1n) is 5.19. The average Bonchev–Trinajstić information content (AvgIpc) is 2.50. The van der Waals surface area contributed by atoms with Gasteiger partial charge in [0.05, 0.1) is 11.4 Å². The van der Waals surface area contributed by atoms with Crippen LogP contribution in [0.4, 0.5) is 0 Å². The van der Waals surface area contributed by atoms with Gasteiger partial charge in [0.15, 0.2) is 5.60 Å². The zero-order chi connectivity index (χ0) is 10.8. The van der Waals surface area contributed by atoms with Crippen molar-refractivity contribution in [2.24, 2.45) is 0 Å². The van der Waals surface area contributed by atoms with Gasteiger partial charge in [-0.25, -0.2) is 4.79 Å². The van der Waals surface area contributed by atoms with Crippen LogP contribution in [0.1, 0.15) is 26.7 Å². The third kappa shape index (κ3) is 1.33. The summed E-state index contributed by atoms with van der Waals surface area (Å²) >= 11 is 1.70. The third-order valence-electron chi connectivity index (χ3n) is 3.30. The van der Waals surface area contributed by atoms with Crippen LogP contribution in [0.5, 0.6) is 0 Å². The minimum atomic E-state index is -1.28. The zero-order valence-electron chi connectivity index (χ0n) is 8.73. The second-order valence-corrected chi connectivity index (χ2v) is 6.79. The maximum Gasteiger partial charge on any atom is 0.338 e. The molecule has 2 saturated heterocycles. The van der Waals surface area contributed by atoms with Crippen molar-refractivity contribution in [3.63, 3.8) is 0 Å². The van der Waals surface area contributed by atoms with Gasteiger partial charge in [-0.2, -0.15) is 0 Å². The predicted octanol–water partition coefficient (Wildman–Crippen LogP) is 0.673. The normalized spacial score (nSPS) is 51.4. The Balaban J connectivity index is 1.90. The molecule has 84 valence electrons. The molecule has 5 heteroatoms. The molecule has 1 N–H and O–H groups in total. The second-order valence-electron chi connectivity index (χ2n) is 5.02. The van der Waals surface area contributed by atoms with E-state index in [4.69, 9.17) is 9.47 Å². The van der Waals surface area contributed by atoms with Crippen molar-refractivity contribution in [3.05, 3.63) is 0 Å². The molecule has 0 aromatic rings. The minimum absolute atomic E-state index is 0.0554. The lowest BCUT2D eigenvalue weighted by molar-refractivity contribution is -0.155. The van der Waals surface area contributed by atoms with Crippen LogP contribution in [0.2, 0.25) is 0 Å². The highest BCUT2D eigenvalue weighted by atomic mass is 32.2. The van der Waals surface area contributed by atoms with Crippen molar-refractivity contribution in [2.75, 3.05) is 0 Å². The predicted molar refractivity (Wildman–Crippen MR) is 54.4 cm³/mol. The van der Waals surface area contributed by atoms with E-state index in [1.165, 1.54) is 0 Å². The van der Waals surface area contributed by atoms with Gasteiger partial charge in [0.25, 0.3) is 0 Å². The summed E-state index contributed by atoms with van der Waals surface area (Å²) in [6, 6.07) is 0. The first kappa shape index (κ1) is 9.93. The van der Waals surface area contributed by atoms with Crippen LogP contribution in [0.25, 0.3) is 0 Å². The molecule has 4 nitrogen and oxygen atoms in total. The van der Waals surface area contributed by atoms with Gasteiger partial charge in [-0.05, 0) is 13.8 Å². The molecule has 3 aliphatic rings. The molecular formula is C10H14O4S. The standard InChI is InChI=1S/C10H14O4S/c1-9(2)14-6-4-10(12)3-5(7(6)15-9)13-8(10)11/h5-7,12H,3-4H2,1-2H3/t5-,6-,7+,10-/m1/s1. The summed E-state index contributed by atoms with van der Waals surface area (Å²) in [5.41, 5.74) is -1.28. The molecular weight excluding hydrogens is 216 g/mol. The zero-order valence-corrected chi connectivity index (χ0v) is 9.54. The van der Waals surface area contributed by atoms with Crippen LogP contribution in [0, 0.1) is 0 Å². The largest absolute Gasteiger partial charge is 0.459 e. The fourth-order valence-corrected chi connectivity index (χ4v) is 4.17. The Bertz CT molecular complexity index is 329. The van der Waals surface area contributed by atoms with E-state index in [-0.39, 0.29) is 22.4 Å². The summed E-state index contributed by atoms with van der Waals surface area (Å²) in [5.74, 6) is -0.469. The number of hydrogen-bond donors (Lipinski definition) is 1. The lowest BCUT2D eigenvalue weighted by Crippen LogP contribution is -2.46. The molecule has 0 radical (unpaired) electrons. The van der Waals surface area contributed by atoms with Crippen LogP contribution in [0.3, 0.4) is 0 Å². The van der Waals surface area contributed by atoms with Gasteiger partial charge in [-0.1, -0.05) is 0 Å². The van der Waals surface area contributed by atoms with E-state index in [0.29, 0.717) is 12.8 Å². The summed E-state index contributed by atoms with van der Waals surface area (Å²) in [5, 5.41) is 10.2. The lowest BCUT2D eigenvalue weighted by Gasteiger charge is -2.30. The minimum Gasteiger partial charge on any atom is -0.459 e. The van der Waals surface area contributed by atoms with Gasteiger partial charge in [0.2, 0.25) is 0 Å². The molecule has 0 spiro atoms. The van der Waals surface area contributed by atoms with Gasteiger partial charge in [-0.3, -0.25) is 0 Å². The number of hydrogen-bond acceptors (Lipinski definition) is 5. The lowest BCUT2D eigenvalue weighted by atomic mass is 9.84. The number of aliphatic hydroxyl groups is 1. The van der Waals surface area contributed by atoms with Gasteiger partial charge in [0.1, 0.15) is 11.0 Å². The van der Waals surface area contributed by atoms with Crippen LogP contribution in [-0.4, -0.2) is 39.1 Å². The van der Waals surface area contributed by atoms with E-state index in [2.05, 4.69) is 0 Å². The molecule has 3 rings (SSSR count). The molecule has 2 aliphatic heterocycles. The fraction of sp³-hybridized carbons (Fsp3) is 0.900. The molecule has 0 aromatic heterocycles. The highest BCUT2D eigenvalue weighted by Gasteiger charge is 2.62. The highest BCUT2D eigenvalue weighted by Crippen LogP contribution is 2.52. The van der Waals surface area contributed by atoms with Crippen molar-refractivity contribution < 1.29 is 19.4 Å². The Morgan fingerprint density at radius 2 is 2.07 bits per heavy atom. The molecule has 0 amide bonds. The smallest absolute Gasteiger partial charge is 0.338 e. The molecule has 15 heavy (non-hydrogen) atoms. The number of rotatable bonds is 0. The molecule has 0 aromatic carbocycles. The first-order chi connectivity index (χ1) is 6.90. The SMILES string of the molecule is CC1(C)O[C@@H]2C[C@]3(O)C[C@@H](OC3=O)[C@@H]2S1. The van der Waals surface area contributed by atoms with E-state index in [9.17, 15) is 9.90 Å². The molecule has 2 bridgehead atoms. The molecule has 1 aliphatic carbocycles. The van der Waals surface area contributed by atoms with E-state index in [1.807, 2.05) is 13.8 Å². The second kappa shape index (κ2) is 2.70. The molecule has 4 atom stereocenters.